The lowest BCUT2D eigenvalue weighted by atomic mass is 10.2. The fraction of sp³-hybridized carbons (Fsp3) is 0.263. The molecule has 2 N–H and O–H groups in total. The van der Waals surface area contributed by atoms with Crippen LogP contribution >= 0.6 is 23.6 Å². The van der Waals surface area contributed by atoms with Crippen molar-refractivity contribution in [2.75, 3.05) is 19.0 Å². The SMILES string of the molecule is C=CCn1c(-c2sc(NC(=O)COCc3cccc(OC)c3)nc2C)n[nH]c1=S. The summed E-state index contributed by atoms with van der Waals surface area (Å²) < 4.78 is 13.0. The highest BCUT2D eigenvalue weighted by molar-refractivity contribution is 7.71. The Bertz CT molecular complexity index is 1070. The lowest BCUT2D eigenvalue weighted by Crippen LogP contribution is -2.18. The quantitative estimate of drug-likeness (QED) is 0.396. The Morgan fingerprint density at radius 3 is 3.07 bits per heavy atom. The van der Waals surface area contributed by atoms with Crippen LogP contribution in [0.25, 0.3) is 10.7 Å². The van der Waals surface area contributed by atoms with E-state index >= 15 is 0 Å². The average Bonchev–Trinajstić information content (AvgIpc) is 3.24. The predicted octanol–water partition coefficient (Wildman–Crippen LogP) is 3.72. The molecule has 1 aromatic carbocycles. The number of hydrogen-bond acceptors (Lipinski definition) is 7. The molecular weight excluding hydrogens is 410 g/mol. The number of methoxy groups -OCH3 is 1. The van der Waals surface area contributed by atoms with E-state index in [-0.39, 0.29) is 12.5 Å². The Morgan fingerprint density at radius 2 is 2.31 bits per heavy atom. The Hall–Kier alpha value is -2.82. The van der Waals surface area contributed by atoms with Crippen molar-refractivity contribution in [2.24, 2.45) is 0 Å². The van der Waals surface area contributed by atoms with E-state index < -0.39 is 0 Å². The highest BCUT2D eigenvalue weighted by Crippen LogP contribution is 2.31. The molecule has 8 nitrogen and oxygen atoms in total. The lowest BCUT2D eigenvalue weighted by molar-refractivity contribution is -0.121. The number of allylic oxidation sites excluding steroid dienone is 1. The van der Waals surface area contributed by atoms with Gasteiger partial charge in [0.05, 0.1) is 24.3 Å². The van der Waals surface area contributed by atoms with Crippen molar-refractivity contribution < 1.29 is 14.3 Å². The number of H-pyrrole nitrogens is 1. The van der Waals surface area contributed by atoms with Gasteiger partial charge < -0.3 is 9.47 Å². The molecule has 3 rings (SSSR count). The number of aryl methyl sites for hydroxylation is 1. The monoisotopic (exact) mass is 431 g/mol. The topological polar surface area (TPSA) is 94.1 Å². The van der Waals surface area contributed by atoms with Gasteiger partial charge >= 0.3 is 0 Å². The number of ether oxygens (including phenoxy) is 2. The minimum absolute atomic E-state index is 0.0830. The molecule has 0 radical (unpaired) electrons. The summed E-state index contributed by atoms with van der Waals surface area (Å²) in [6, 6.07) is 7.50. The van der Waals surface area contributed by atoms with Crippen LogP contribution in [-0.4, -0.2) is 39.4 Å². The van der Waals surface area contributed by atoms with Crippen molar-refractivity contribution in [2.45, 2.75) is 20.1 Å². The molecule has 0 atom stereocenters. The Labute approximate surface area is 177 Å². The minimum atomic E-state index is -0.279. The minimum Gasteiger partial charge on any atom is -0.497 e. The smallest absolute Gasteiger partial charge is 0.252 e. The van der Waals surface area contributed by atoms with Crippen LogP contribution in [0.2, 0.25) is 0 Å². The van der Waals surface area contributed by atoms with Gasteiger partial charge in [-0.15, -0.1) is 6.58 Å². The van der Waals surface area contributed by atoms with Crippen LogP contribution in [0.5, 0.6) is 5.75 Å². The van der Waals surface area contributed by atoms with Crippen LogP contribution in [0.3, 0.4) is 0 Å². The number of anilines is 1. The molecule has 10 heteroatoms. The molecule has 0 aliphatic rings. The van der Waals surface area contributed by atoms with Crippen molar-refractivity contribution >= 4 is 34.6 Å². The number of benzene rings is 1. The average molecular weight is 432 g/mol. The summed E-state index contributed by atoms with van der Waals surface area (Å²) in [5.41, 5.74) is 1.68. The van der Waals surface area contributed by atoms with Gasteiger partial charge in [0.25, 0.3) is 5.91 Å². The van der Waals surface area contributed by atoms with Crippen molar-refractivity contribution in [3.05, 3.63) is 52.9 Å². The summed E-state index contributed by atoms with van der Waals surface area (Å²) >= 11 is 6.58. The van der Waals surface area contributed by atoms with E-state index in [9.17, 15) is 4.79 Å². The number of amides is 1. The number of nitrogens with one attached hydrogen (secondary N) is 2. The van der Waals surface area contributed by atoms with Crippen LogP contribution < -0.4 is 10.1 Å². The van der Waals surface area contributed by atoms with Crippen molar-refractivity contribution in [3.63, 3.8) is 0 Å². The Kier molecular flexibility index (Phi) is 6.91. The third-order valence-corrected chi connectivity index (χ3v) is 5.33. The molecule has 152 valence electrons. The number of nitrogens with zero attached hydrogens (tertiary/aromatic N) is 3. The molecule has 0 spiro atoms. The van der Waals surface area contributed by atoms with E-state index in [0.717, 1.165) is 21.9 Å². The molecule has 1 amide bonds. The maximum absolute atomic E-state index is 12.2. The number of thiazole rings is 1. The maximum Gasteiger partial charge on any atom is 0.252 e. The van der Waals surface area contributed by atoms with Crippen LogP contribution in [0, 0.1) is 11.7 Å². The summed E-state index contributed by atoms with van der Waals surface area (Å²) in [6.45, 7) is 6.35. The number of carbonyl (C=O) groups is 1. The number of aromatic nitrogens is 4. The van der Waals surface area contributed by atoms with E-state index in [2.05, 4.69) is 27.1 Å². The zero-order valence-corrected chi connectivity index (χ0v) is 17.7. The van der Waals surface area contributed by atoms with Crippen LogP contribution in [-0.2, 0) is 22.7 Å². The van der Waals surface area contributed by atoms with Gasteiger partial charge in [-0.3, -0.25) is 19.8 Å². The molecule has 3 aromatic rings. The fourth-order valence-corrected chi connectivity index (χ4v) is 3.81. The zero-order chi connectivity index (χ0) is 20.8. The van der Waals surface area contributed by atoms with Gasteiger partial charge in [-0.05, 0) is 36.8 Å². The second kappa shape index (κ2) is 9.59. The number of rotatable bonds is 9. The summed E-state index contributed by atoms with van der Waals surface area (Å²) in [5.74, 6) is 1.13. The molecule has 29 heavy (non-hydrogen) atoms. The van der Waals surface area contributed by atoms with Gasteiger partial charge in [0.2, 0.25) is 0 Å². The second-order valence-electron chi connectivity index (χ2n) is 6.08. The van der Waals surface area contributed by atoms with E-state index in [4.69, 9.17) is 21.7 Å². The van der Waals surface area contributed by atoms with Crippen molar-refractivity contribution in [1.82, 2.24) is 19.7 Å². The fourth-order valence-electron chi connectivity index (χ4n) is 2.63. The van der Waals surface area contributed by atoms with Crippen molar-refractivity contribution in [3.8, 4) is 16.5 Å². The zero-order valence-electron chi connectivity index (χ0n) is 16.1. The first-order valence-electron chi connectivity index (χ1n) is 8.76. The number of aromatic amines is 1. The molecule has 0 bridgehead atoms. The van der Waals surface area contributed by atoms with Crippen molar-refractivity contribution in [1.29, 1.82) is 0 Å². The Morgan fingerprint density at radius 1 is 1.48 bits per heavy atom. The van der Waals surface area contributed by atoms with E-state index in [1.54, 1.807) is 13.2 Å². The molecular formula is C19H21N5O3S2. The molecule has 0 saturated heterocycles. The summed E-state index contributed by atoms with van der Waals surface area (Å²) in [6.07, 6.45) is 1.74. The van der Waals surface area contributed by atoms with E-state index in [0.29, 0.717) is 28.9 Å². The van der Waals surface area contributed by atoms with Crippen LogP contribution in [0.4, 0.5) is 5.13 Å². The van der Waals surface area contributed by atoms with Gasteiger partial charge in [-0.1, -0.05) is 29.5 Å². The molecule has 0 fully saturated rings. The predicted molar refractivity (Wildman–Crippen MR) is 115 cm³/mol. The first-order valence-corrected chi connectivity index (χ1v) is 9.98. The maximum atomic E-state index is 12.2. The second-order valence-corrected chi connectivity index (χ2v) is 7.46. The van der Waals surface area contributed by atoms with Gasteiger partial charge in [0, 0.05) is 6.54 Å². The van der Waals surface area contributed by atoms with Gasteiger partial charge in [-0.25, -0.2) is 4.98 Å². The highest BCUT2D eigenvalue weighted by atomic mass is 32.1. The molecule has 0 aliphatic carbocycles. The highest BCUT2D eigenvalue weighted by Gasteiger charge is 2.17. The van der Waals surface area contributed by atoms with E-state index in [1.807, 2.05) is 35.8 Å². The summed E-state index contributed by atoms with van der Waals surface area (Å²) in [7, 11) is 1.61. The first-order chi connectivity index (χ1) is 14.0. The van der Waals surface area contributed by atoms with Gasteiger partial charge in [0.1, 0.15) is 12.4 Å². The first kappa shape index (κ1) is 20.9. The normalized spacial score (nSPS) is 10.7. The third-order valence-electron chi connectivity index (χ3n) is 3.95. The number of carbonyl (C=O) groups excluding carboxylic acids is 1. The van der Waals surface area contributed by atoms with Crippen LogP contribution in [0.15, 0.2) is 36.9 Å². The van der Waals surface area contributed by atoms with Gasteiger partial charge in [-0.2, -0.15) is 5.10 Å². The van der Waals surface area contributed by atoms with Crippen LogP contribution in [0.1, 0.15) is 11.3 Å². The number of hydrogen-bond donors (Lipinski definition) is 2. The van der Waals surface area contributed by atoms with Gasteiger partial charge in [0.15, 0.2) is 15.7 Å². The Balaban J connectivity index is 1.61. The lowest BCUT2D eigenvalue weighted by Gasteiger charge is -2.06. The van der Waals surface area contributed by atoms with E-state index in [1.165, 1.54) is 11.3 Å². The molecule has 0 saturated carbocycles. The largest absolute Gasteiger partial charge is 0.497 e. The summed E-state index contributed by atoms with van der Waals surface area (Å²) in [4.78, 5) is 17.4. The molecule has 2 aromatic heterocycles. The molecule has 0 unspecified atom stereocenters. The third kappa shape index (κ3) is 5.17. The standard InChI is InChI=1S/C19H21N5O3S2/c1-4-8-24-17(22-23-19(24)28)16-12(2)20-18(29-16)21-15(25)11-27-10-13-6-5-7-14(9-13)26-3/h4-7,9H,1,8,10-11H2,2-3H3,(H,23,28)(H,20,21,25). The summed E-state index contributed by atoms with van der Waals surface area (Å²) in [5, 5.41) is 10.3. The molecule has 2 heterocycles. The molecule has 0 aliphatic heterocycles.